The summed E-state index contributed by atoms with van der Waals surface area (Å²) in [4.78, 5) is 26.3. The highest BCUT2D eigenvalue weighted by Gasteiger charge is 2.59. The van der Waals surface area contributed by atoms with E-state index in [1.807, 2.05) is 56.3 Å². The summed E-state index contributed by atoms with van der Waals surface area (Å²) >= 11 is 0. The van der Waals surface area contributed by atoms with Crippen molar-refractivity contribution >= 4 is 17.6 Å². The molecule has 3 rings (SSSR count). The van der Waals surface area contributed by atoms with Gasteiger partial charge in [0.15, 0.2) is 11.5 Å². The van der Waals surface area contributed by atoms with E-state index in [0.29, 0.717) is 13.0 Å². The lowest BCUT2D eigenvalue weighted by molar-refractivity contribution is -0.199. The van der Waals surface area contributed by atoms with Gasteiger partial charge in [-0.15, -0.1) is 0 Å². The highest BCUT2D eigenvalue weighted by molar-refractivity contribution is 6.03. The Hall–Kier alpha value is -3.30. The molecule has 2 N–H and O–H groups in total. The maximum Gasteiger partial charge on any atom is 0.453 e. The molecule has 0 aliphatic carbocycles. The summed E-state index contributed by atoms with van der Waals surface area (Å²) in [5, 5.41) is 14.0. The molecule has 1 heterocycles. The molecule has 9 heteroatoms. The van der Waals surface area contributed by atoms with Crippen LogP contribution in [0.2, 0.25) is 0 Å². The van der Waals surface area contributed by atoms with E-state index in [0.717, 1.165) is 31.0 Å². The monoisotopic (exact) mass is 458 g/mol. The average molecular weight is 459 g/mol. The fraction of sp³-hybridized carbons (Fsp3) is 0.417. The summed E-state index contributed by atoms with van der Waals surface area (Å²) in [7, 11) is 6.15. The number of carbonyl (C=O) groups is 2. The second-order valence-corrected chi connectivity index (χ2v) is 8.07. The number of benzene rings is 2. The van der Waals surface area contributed by atoms with Crippen molar-refractivity contribution in [2.45, 2.75) is 31.3 Å². The molecule has 2 unspecified atom stereocenters. The van der Waals surface area contributed by atoms with E-state index >= 15 is 0 Å². The Bertz CT molecular complexity index is 992. The summed E-state index contributed by atoms with van der Waals surface area (Å²) in [6.45, 7) is 2.38. The first kappa shape index (κ1) is 24.3. The fourth-order valence-electron chi connectivity index (χ4n) is 3.72. The molecule has 178 valence electrons. The van der Waals surface area contributed by atoms with Crippen LogP contribution in [0.3, 0.4) is 0 Å². The van der Waals surface area contributed by atoms with E-state index in [-0.39, 0.29) is 17.5 Å². The Morgan fingerprint density at radius 2 is 1.70 bits per heavy atom. The van der Waals surface area contributed by atoms with Gasteiger partial charge in [0.25, 0.3) is 0 Å². The number of fused-ring (bicyclic) bond motifs is 1. The molecule has 2 aromatic rings. The fourth-order valence-corrected chi connectivity index (χ4v) is 3.72. The molecule has 2 atom stereocenters. The Labute approximate surface area is 193 Å². The van der Waals surface area contributed by atoms with E-state index < -0.39 is 23.8 Å². The summed E-state index contributed by atoms with van der Waals surface area (Å²) in [6, 6.07) is 12.9. The molecule has 0 radical (unpaired) electrons. The van der Waals surface area contributed by atoms with Crippen molar-refractivity contribution in [1.29, 1.82) is 0 Å². The molecule has 0 spiro atoms. The van der Waals surface area contributed by atoms with Crippen LogP contribution in [0.1, 0.15) is 24.2 Å². The van der Waals surface area contributed by atoms with E-state index in [2.05, 4.69) is 14.8 Å². The maximum absolute atomic E-state index is 12.2. The normalized spacial score (nSPS) is 15.5. The Balaban J connectivity index is 1.65. The predicted molar refractivity (Wildman–Crippen MR) is 121 cm³/mol. The largest absolute Gasteiger partial charge is 0.463 e. The molecular formula is C24H30N2O7. The number of hydrogen-bond acceptors (Lipinski definition) is 9. The lowest BCUT2D eigenvalue weighted by Crippen LogP contribution is -2.55. The molecule has 1 aliphatic heterocycles. The minimum Gasteiger partial charge on any atom is -0.463 e. The van der Waals surface area contributed by atoms with Crippen molar-refractivity contribution in [2.24, 2.45) is 0 Å². The number of ether oxygens (including phenoxy) is 4. The SMILES string of the molecule is COC(=O)C1(C(=O)OC)Oc2ccc(CC(C)NCC(O)c3ccccc3N(C)C)cc2O1. The third-order valence-corrected chi connectivity index (χ3v) is 5.40. The van der Waals surface area contributed by atoms with Gasteiger partial charge in [-0.2, -0.15) is 0 Å². The van der Waals surface area contributed by atoms with E-state index in [1.54, 1.807) is 12.1 Å². The zero-order valence-corrected chi connectivity index (χ0v) is 19.5. The van der Waals surface area contributed by atoms with Crippen LogP contribution in [0.5, 0.6) is 11.5 Å². The summed E-state index contributed by atoms with van der Waals surface area (Å²) in [5.41, 5.74) is 2.72. The third kappa shape index (κ3) is 5.04. The van der Waals surface area contributed by atoms with Gasteiger partial charge in [0.1, 0.15) is 0 Å². The van der Waals surface area contributed by atoms with Crippen molar-refractivity contribution in [2.75, 3.05) is 39.8 Å². The molecular weight excluding hydrogens is 428 g/mol. The van der Waals surface area contributed by atoms with Crippen LogP contribution in [-0.2, 0) is 25.5 Å². The zero-order chi connectivity index (χ0) is 24.2. The van der Waals surface area contributed by atoms with Gasteiger partial charge in [0, 0.05) is 37.9 Å². The smallest absolute Gasteiger partial charge is 0.453 e. The van der Waals surface area contributed by atoms with Crippen molar-refractivity contribution in [1.82, 2.24) is 5.32 Å². The van der Waals surface area contributed by atoms with Gasteiger partial charge in [-0.05, 0) is 37.1 Å². The van der Waals surface area contributed by atoms with Gasteiger partial charge >= 0.3 is 17.7 Å². The van der Waals surface area contributed by atoms with Gasteiger partial charge in [-0.1, -0.05) is 24.3 Å². The van der Waals surface area contributed by atoms with Crippen molar-refractivity contribution in [3.8, 4) is 11.5 Å². The topological polar surface area (TPSA) is 107 Å². The summed E-state index contributed by atoms with van der Waals surface area (Å²) < 4.78 is 20.4. The molecule has 33 heavy (non-hydrogen) atoms. The quantitative estimate of drug-likeness (QED) is 0.430. The maximum atomic E-state index is 12.2. The number of para-hydroxylation sites is 1. The first-order valence-electron chi connectivity index (χ1n) is 10.6. The van der Waals surface area contributed by atoms with Gasteiger partial charge in [-0.25, -0.2) is 9.59 Å². The second kappa shape index (κ2) is 10.1. The Morgan fingerprint density at radius 1 is 1.06 bits per heavy atom. The second-order valence-electron chi connectivity index (χ2n) is 8.07. The Kier molecular flexibility index (Phi) is 7.45. The first-order valence-corrected chi connectivity index (χ1v) is 10.6. The number of rotatable bonds is 9. The minimum absolute atomic E-state index is 0.0255. The van der Waals surface area contributed by atoms with Gasteiger partial charge in [0.2, 0.25) is 0 Å². The predicted octanol–water partition coefficient (Wildman–Crippen LogP) is 1.82. The van der Waals surface area contributed by atoms with E-state index in [1.165, 1.54) is 0 Å². The molecule has 0 saturated carbocycles. The standard InChI is InChI=1S/C24H30N2O7/c1-15(25-14-19(27)17-8-6-7-9-18(17)26(2)3)12-16-10-11-20-21(13-16)33-24(32-20,22(28)30-4)23(29)31-5/h6-11,13,15,19,25,27H,12,14H2,1-5H3. The van der Waals surface area contributed by atoms with Gasteiger partial charge in [0.05, 0.1) is 20.3 Å². The molecule has 1 aliphatic rings. The third-order valence-electron chi connectivity index (χ3n) is 5.40. The number of anilines is 1. The van der Waals surface area contributed by atoms with Gasteiger partial charge < -0.3 is 34.3 Å². The van der Waals surface area contributed by atoms with E-state index in [4.69, 9.17) is 9.47 Å². The molecule has 9 nitrogen and oxygen atoms in total. The Morgan fingerprint density at radius 3 is 2.33 bits per heavy atom. The number of nitrogens with one attached hydrogen (secondary N) is 1. The lowest BCUT2D eigenvalue weighted by atomic mass is 10.0. The van der Waals surface area contributed by atoms with Crippen LogP contribution in [0, 0.1) is 0 Å². The number of nitrogens with zero attached hydrogens (tertiary/aromatic N) is 1. The number of hydrogen-bond donors (Lipinski definition) is 2. The first-order chi connectivity index (χ1) is 15.7. The molecule has 2 aromatic carbocycles. The molecule has 0 bridgehead atoms. The summed E-state index contributed by atoms with van der Waals surface area (Å²) in [6.07, 6.45) is -0.0502. The number of esters is 2. The van der Waals surface area contributed by atoms with Gasteiger partial charge in [-0.3, -0.25) is 0 Å². The van der Waals surface area contributed by atoms with Crippen LogP contribution >= 0.6 is 0 Å². The van der Waals surface area contributed by atoms with Crippen LogP contribution in [0.25, 0.3) is 0 Å². The molecule has 0 aromatic heterocycles. The molecule has 0 fully saturated rings. The zero-order valence-electron chi connectivity index (χ0n) is 19.5. The van der Waals surface area contributed by atoms with Crippen LogP contribution in [0.4, 0.5) is 5.69 Å². The average Bonchev–Trinajstić information content (AvgIpc) is 3.21. The number of carbonyl (C=O) groups excluding carboxylic acids is 2. The summed E-state index contributed by atoms with van der Waals surface area (Å²) in [5.74, 6) is -3.83. The van der Waals surface area contributed by atoms with Crippen molar-refractivity contribution in [3.05, 3.63) is 53.6 Å². The van der Waals surface area contributed by atoms with Crippen LogP contribution < -0.4 is 19.7 Å². The van der Waals surface area contributed by atoms with Crippen LogP contribution in [-0.4, -0.2) is 63.7 Å². The highest BCUT2D eigenvalue weighted by atomic mass is 16.8. The highest BCUT2D eigenvalue weighted by Crippen LogP contribution is 2.41. The number of aliphatic hydroxyl groups is 1. The van der Waals surface area contributed by atoms with Crippen molar-refractivity contribution < 1.29 is 33.6 Å². The lowest BCUT2D eigenvalue weighted by Gasteiger charge is -2.22. The van der Waals surface area contributed by atoms with E-state index in [9.17, 15) is 14.7 Å². The van der Waals surface area contributed by atoms with Crippen LogP contribution in [0.15, 0.2) is 42.5 Å². The number of methoxy groups -OCH3 is 2. The molecule has 0 amide bonds. The minimum atomic E-state index is -2.31. The van der Waals surface area contributed by atoms with Crippen molar-refractivity contribution in [3.63, 3.8) is 0 Å². The number of aliphatic hydroxyl groups excluding tert-OH is 1. The molecule has 0 saturated heterocycles.